The van der Waals surface area contributed by atoms with E-state index in [0.29, 0.717) is 31.7 Å². The number of carbonyl (C=O) groups is 1. The number of aliphatic hydroxyl groups excluding tert-OH is 1. The Kier molecular flexibility index (Phi) is 8.95. The highest BCUT2D eigenvalue weighted by Crippen LogP contribution is 2.36. The average molecular weight is 581 g/mol. The van der Waals surface area contributed by atoms with Crippen molar-refractivity contribution in [3.05, 3.63) is 47.5 Å². The molecule has 4 N–H and O–H groups in total. The van der Waals surface area contributed by atoms with E-state index in [-0.39, 0.29) is 49.1 Å². The molecule has 1 aromatic carbocycles. The number of piperidine rings is 1. The van der Waals surface area contributed by atoms with Crippen LogP contribution in [0.25, 0.3) is 0 Å². The fourth-order valence-electron chi connectivity index (χ4n) is 5.91. The summed E-state index contributed by atoms with van der Waals surface area (Å²) < 4.78 is 59.9. The van der Waals surface area contributed by atoms with Gasteiger partial charge in [-0.15, -0.1) is 0 Å². The van der Waals surface area contributed by atoms with Gasteiger partial charge in [0, 0.05) is 44.8 Å². The molecule has 1 saturated carbocycles. The van der Waals surface area contributed by atoms with Gasteiger partial charge < -0.3 is 25.8 Å². The Morgan fingerprint density at radius 2 is 1.85 bits per heavy atom. The first-order valence-corrected chi connectivity index (χ1v) is 14.1. The fraction of sp³-hybridized carbons (Fsp3) is 0.607. The van der Waals surface area contributed by atoms with E-state index in [2.05, 4.69) is 15.3 Å². The largest absolute Gasteiger partial charge is 0.416 e. The van der Waals surface area contributed by atoms with Crippen LogP contribution >= 0.6 is 0 Å². The minimum absolute atomic E-state index is 0.0000768. The molecule has 0 radical (unpaired) electrons. The number of amides is 1. The van der Waals surface area contributed by atoms with Crippen molar-refractivity contribution in [2.75, 3.05) is 43.1 Å². The molecule has 1 unspecified atom stereocenters. The summed E-state index contributed by atoms with van der Waals surface area (Å²) in [6, 6.07) is 4.42. The number of rotatable bonds is 10. The number of β-amino-alcohol motifs (C(OH)–C–C–N with tert-alkyl or cyclic N) is 1. The predicted octanol–water partition coefficient (Wildman–Crippen LogP) is 3.18. The Hall–Kier alpha value is -3.03. The number of primary amides is 1. The number of halogens is 4. The van der Waals surface area contributed by atoms with Crippen molar-refractivity contribution in [2.45, 2.75) is 63.0 Å². The lowest BCUT2D eigenvalue weighted by molar-refractivity contribution is -0.137. The van der Waals surface area contributed by atoms with Gasteiger partial charge in [0.25, 0.3) is 0 Å². The summed E-state index contributed by atoms with van der Waals surface area (Å²) in [7, 11) is 0. The Labute approximate surface area is 236 Å². The van der Waals surface area contributed by atoms with Crippen LogP contribution in [-0.4, -0.2) is 76.9 Å². The van der Waals surface area contributed by atoms with E-state index >= 15 is 4.39 Å². The maximum atomic E-state index is 15.6. The van der Waals surface area contributed by atoms with Crippen LogP contribution in [0.5, 0.6) is 0 Å². The Morgan fingerprint density at radius 1 is 1.15 bits per heavy atom. The number of hydrogen-bond acceptors (Lipinski definition) is 8. The van der Waals surface area contributed by atoms with Crippen molar-refractivity contribution in [2.24, 2.45) is 17.6 Å². The van der Waals surface area contributed by atoms with Crippen molar-refractivity contribution in [3.63, 3.8) is 0 Å². The Balaban J connectivity index is 1.21. The van der Waals surface area contributed by atoms with Crippen LogP contribution in [0, 0.1) is 17.7 Å². The van der Waals surface area contributed by atoms with E-state index in [0.717, 1.165) is 37.8 Å². The number of benzene rings is 1. The van der Waals surface area contributed by atoms with E-state index in [1.54, 1.807) is 4.90 Å². The normalized spacial score (nSPS) is 23.2. The number of nitrogens with two attached hydrogens (primary N) is 1. The summed E-state index contributed by atoms with van der Waals surface area (Å²) in [5, 5.41) is 13.9. The molecule has 1 aromatic heterocycles. The summed E-state index contributed by atoms with van der Waals surface area (Å²) in [4.78, 5) is 24.2. The summed E-state index contributed by atoms with van der Waals surface area (Å²) in [5.41, 5.74) is 5.62. The molecular weight excluding hydrogens is 544 g/mol. The zero-order chi connectivity index (χ0) is 29.1. The first-order chi connectivity index (χ1) is 19.6. The van der Waals surface area contributed by atoms with E-state index in [1.165, 1.54) is 18.5 Å². The highest BCUT2D eigenvalue weighted by atomic mass is 19.4. The zero-order valence-electron chi connectivity index (χ0n) is 22.7. The van der Waals surface area contributed by atoms with Gasteiger partial charge in [0.05, 0.1) is 17.7 Å². The molecule has 3 fully saturated rings. The minimum Gasteiger partial charge on any atom is -0.391 e. The van der Waals surface area contributed by atoms with Crippen LogP contribution in [-0.2, 0) is 22.3 Å². The molecule has 5 rings (SSSR count). The number of hydrogen-bond donors (Lipinski definition) is 3. The standard InChI is InChI=1S/C28H36F4N6O3/c29-23-26(34-13-19-7-10-37(15-22(19)39)24(25(33)40)18-8-11-41-12-9-18)35-16-36-27(23)38(21-5-6-21)14-17-1-3-20(4-2-17)28(30,31)32/h1-4,16,18-19,21-22,24,39H,5-15H2,(H2,33,40)(H,34,35,36)/t19-,22+,24?/m0/s1. The number of nitrogens with one attached hydrogen (secondary N) is 1. The van der Waals surface area contributed by atoms with Crippen LogP contribution in [0.2, 0.25) is 0 Å². The van der Waals surface area contributed by atoms with Gasteiger partial charge in [0.15, 0.2) is 11.6 Å². The van der Waals surface area contributed by atoms with E-state index in [9.17, 15) is 23.1 Å². The third-order valence-electron chi connectivity index (χ3n) is 8.35. The van der Waals surface area contributed by atoms with Gasteiger partial charge in [-0.25, -0.2) is 9.97 Å². The SMILES string of the molecule is NC(=O)C(C1CCOCC1)N1CC[C@@H](CNc2ncnc(N(Cc3ccc(C(F)(F)F)cc3)C3CC3)c2F)[C@H](O)C1. The van der Waals surface area contributed by atoms with Crippen molar-refractivity contribution >= 4 is 17.5 Å². The lowest BCUT2D eigenvalue weighted by Crippen LogP contribution is -2.57. The molecule has 224 valence electrons. The second-order valence-corrected chi connectivity index (χ2v) is 11.2. The zero-order valence-corrected chi connectivity index (χ0v) is 22.7. The number of aromatic nitrogens is 2. The minimum atomic E-state index is -4.42. The van der Waals surface area contributed by atoms with Gasteiger partial charge in [-0.1, -0.05) is 12.1 Å². The number of aliphatic hydroxyl groups is 1. The van der Waals surface area contributed by atoms with Crippen molar-refractivity contribution < 1.29 is 32.2 Å². The third kappa shape index (κ3) is 7.07. The molecule has 2 saturated heterocycles. The summed E-state index contributed by atoms with van der Waals surface area (Å²) >= 11 is 0. The molecule has 3 aliphatic rings. The number of anilines is 2. The van der Waals surface area contributed by atoms with Gasteiger partial charge in [-0.05, 0) is 62.3 Å². The second kappa shape index (κ2) is 12.5. The third-order valence-corrected chi connectivity index (χ3v) is 8.35. The van der Waals surface area contributed by atoms with Gasteiger partial charge >= 0.3 is 6.18 Å². The topological polar surface area (TPSA) is 117 Å². The number of likely N-dealkylation sites (tertiary alicyclic amines) is 1. The van der Waals surface area contributed by atoms with Crippen molar-refractivity contribution in [1.29, 1.82) is 0 Å². The molecule has 3 heterocycles. The molecule has 0 spiro atoms. The summed E-state index contributed by atoms with van der Waals surface area (Å²) in [5.74, 6) is -1.06. The molecule has 0 bridgehead atoms. The van der Waals surface area contributed by atoms with E-state index in [1.807, 2.05) is 4.90 Å². The number of carbonyl (C=O) groups excluding carboxylic acids is 1. The van der Waals surface area contributed by atoms with Crippen LogP contribution in [0.3, 0.4) is 0 Å². The molecule has 41 heavy (non-hydrogen) atoms. The number of alkyl halides is 3. The molecule has 1 amide bonds. The summed E-state index contributed by atoms with van der Waals surface area (Å²) in [6.07, 6.45) is -0.169. The molecular formula is C28H36F4N6O3. The number of nitrogens with zero attached hydrogens (tertiary/aromatic N) is 4. The molecule has 3 atom stereocenters. The quantitative estimate of drug-likeness (QED) is 0.367. The first kappa shape index (κ1) is 29.5. The first-order valence-electron chi connectivity index (χ1n) is 14.1. The van der Waals surface area contributed by atoms with Gasteiger partial charge in [0.1, 0.15) is 6.33 Å². The maximum Gasteiger partial charge on any atom is 0.416 e. The van der Waals surface area contributed by atoms with Gasteiger partial charge in [-0.3, -0.25) is 9.69 Å². The van der Waals surface area contributed by atoms with E-state index < -0.39 is 35.6 Å². The highest BCUT2D eigenvalue weighted by Gasteiger charge is 2.39. The second-order valence-electron chi connectivity index (χ2n) is 11.2. The van der Waals surface area contributed by atoms with Gasteiger partial charge in [0.2, 0.25) is 11.7 Å². The summed E-state index contributed by atoms with van der Waals surface area (Å²) in [6.45, 7) is 2.52. The maximum absolute atomic E-state index is 15.6. The van der Waals surface area contributed by atoms with Crippen LogP contribution in [0.15, 0.2) is 30.6 Å². The van der Waals surface area contributed by atoms with Gasteiger partial charge in [-0.2, -0.15) is 17.6 Å². The highest BCUT2D eigenvalue weighted by molar-refractivity contribution is 5.80. The predicted molar refractivity (Wildman–Crippen MR) is 143 cm³/mol. The molecule has 2 aliphatic heterocycles. The lowest BCUT2D eigenvalue weighted by atomic mass is 9.86. The Morgan fingerprint density at radius 3 is 2.46 bits per heavy atom. The molecule has 1 aliphatic carbocycles. The molecule has 9 nitrogen and oxygen atoms in total. The van der Waals surface area contributed by atoms with Crippen LogP contribution in [0.1, 0.15) is 43.2 Å². The van der Waals surface area contributed by atoms with Crippen molar-refractivity contribution in [1.82, 2.24) is 14.9 Å². The monoisotopic (exact) mass is 580 g/mol. The fourth-order valence-corrected chi connectivity index (χ4v) is 5.91. The molecule has 13 heteroatoms. The van der Waals surface area contributed by atoms with Crippen LogP contribution < -0.4 is 16.0 Å². The number of ether oxygens (including phenoxy) is 1. The average Bonchev–Trinajstić information content (AvgIpc) is 3.78. The van der Waals surface area contributed by atoms with Crippen molar-refractivity contribution in [3.8, 4) is 0 Å². The lowest BCUT2D eigenvalue weighted by Gasteiger charge is -2.42. The Bertz CT molecular complexity index is 1190. The van der Waals surface area contributed by atoms with Crippen LogP contribution in [0.4, 0.5) is 29.2 Å². The molecule has 2 aromatic rings. The van der Waals surface area contributed by atoms with E-state index in [4.69, 9.17) is 10.5 Å². The smallest absolute Gasteiger partial charge is 0.391 e.